The Morgan fingerprint density at radius 3 is 1.46 bits per heavy atom. The van der Waals surface area contributed by atoms with Crippen LogP contribution >= 0.6 is 0 Å². The van der Waals surface area contributed by atoms with Gasteiger partial charge in [0.1, 0.15) is 11.5 Å². The van der Waals surface area contributed by atoms with E-state index in [1.807, 2.05) is 30.3 Å². The van der Waals surface area contributed by atoms with Gasteiger partial charge in [0.05, 0.1) is 0 Å². The molecule has 0 aliphatic rings. The van der Waals surface area contributed by atoms with E-state index < -0.39 is 0 Å². The number of nitrogens with zero attached hydrogens (tertiary/aromatic N) is 3. The molecular weight excluding hydrogens is 354 g/mol. The first-order chi connectivity index (χ1) is 13.7. The Hall–Kier alpha value is -4.13. The van der Waals surface area contributed by atoms with Crippen LogP contribution in [0.25, 0.3) is 11.4 Å². The minimum atomic E-state index is 0.115. The second kappa shape index (κ2) is 7.63. The van der Waals surface area contributed by atoms with Gasteiger partial charge in [-0.2, -0.15) is 9.97 Å². The molecule has 1 heterocycles. The number of ether oxygens (including phenoxy) is 2. The SMILES string of the molecule is Nc1ccc(Oc2nc(Oc3ccc(N)cc3)nc(-c3ccccc3)n2)cc1. The largest absolute Gasteiger partial charge is 0.424 e. The number of benzene rings is 3. The number of nitrogen functional groups attached to an aromatic ring is 2. The maximum Gasteiger partial charge on any atom is 0.328 e. The van der Waals surface area contributed by atoms with Gasteiger partial charge in [0.2, 0.25) is 0 Å². The van der Waals surface area contributed by atoms with Crippen molar-refractivity contribution in [3.63, 3.8) is 0 Å². The Morgan fingerprint density at radius 1 is 0.536 bits per heavy atom. The highest BCUT2D eigenvalue weighted by atomic mass is 16.5. The Balaban J connectivity index is 1.70. The molecule has 0 bridgehead atoms. The van der Waals surface area contributed by atoms with Crippen LogP contribution in [0.2, 0.25) is 0 Å². The molecule has 0 saturated carbocycles. The molecule has 0 unspecified atom stereocenters. The third kappa shape index (κ3) is 4.16. The molecular formula is C21H17N5O2. The van der Waals surface area contributed by atoms with Crippen LogP contribution in [0.3, 0.4) is 0 Å². The number of anilines is 2. The van der Waals surface area contributed by atoms with Crippen molar-refractivity contribution in [1.29, 1.82) is 0 Å². The third-order valence-electron chi connectivity index (χ3n) is 3.80. The summed E-state index contributed by atoms with van der Waals surface area (Å²) in [6, 6.07) is 23.6. The Morgan fingerprint density at radius 2 is 1.00 bits per heavy atom. The first-order valence-electron chi connectivity index (χ1n) is 8.54. The number of nitrogens with two attached hydrogens (primary N) is 2. The third-order valence-corrected chi connectivity index (χ3v) is 3.80. The van der Waals surface area contributed by atoms with Gasteiger partial charge < -0.3 is 20.9 Å². The van der Waals surface area contributed by atoms with Gasteiger partial charge in [-0.05, 0) is 48.5 Å². The van der Waals surface area contributed by atoms with Crippen LogP contribution in [0.5, 0.6) is 23.5 Å². The fourth-order valence-electron chi connectivity index (χ4n) is 2.43. The van der Waals surface area contributed by atoms with E-state index in [9.17, 15) is 0 Å². The number of aromatic nitrogens is 3. The molecule has 0 saturated heterocycles. The van der Waals surface area contributed by atoms with Crippen LogP contribution in [0.4, 0.5) is 11.4 Å². The van der Waals surface area contributed by atoms with Crippen molar-refractivity contribution in [3.8, 4) is 34.9 Å². The van der Waals surface area contributed by atoms with Gasteiger partial charge >= 0.3 is 12.0 Å². The van der Waals surface area contributed by atoms with Crippen molar-refractivity contribution in [2.45, 2.75) is 0 Å². The maximum atomic E-state index is 5.78. The number of hydrogen-bond acceptors (Lipinski definition) is 7. The van der Waals surface area contributed by atoms with Crippen LogP contribution in [0.1, 0.15) is 0 Å². The lowest BCUT2D eigenvalue weighted by Crippen LogP contribution is -2.01. The summed E-state index contributed by atoms with van der Waals surface area (Å²) in [5, 5.41) is 0. The van der Waals surface area contributed by atoms with Crippen LogP contribution < -0.4 is 20.9 Å². The van der Waals surface area contributed by atoms with Gasteiger partial charge in [0.25, 0.3) is 0 Å². The zero-order valence-electron chi connectivity index (χ0n) is 14.8. The zero-order valence-corrected chi connectivity index (χ0v) is 14.8. The lowest BCUT2D eigenvalue weighted by atomic mass is 10.2. The summed E-state index contributed by atoms with van der Waals surface area (Å²) in [7, 11) is 0. The smallest absolute Gasteiger partial charge is 0.328 e. The van der Waals surface area contributed by atoms with Gasteiger partial charge in [0.15, 0.2) is 5.82 Å². The summed E-state index contributed by atoms with van der Waals surface area (Å²) in [4.78, 5) is 13.1. The van der Waals surface area contributed by atoms with Crippen molar-refractivity contribution in [1.82, 2.24) is 15.0 Å². The molecule has 7 nitrogen and oxygen atoms in total. The monoisotopic (exact) mass is 371 g/mol. The molecule has 0 spiro atoms. The topological polar surface area (TPSA) is 109 Å². The minimum Gasteiger partial charge on any atom is -0.424 e. The highest BCUT2D eigenvalue weighted by Gasteiger charge is 2.12. The van der Waals surface area contributed by atoms with Crippen LogP contribution in [0, 0.1) is 0 Å². The lowest BCUT2D eigenvalue weighted by molar-refractivity contribution is 0.398. The Bertz CT molecular complexity index is 1000. The highest BCUT2D eigenvalue weighted by Crippen LogP contribution is 2.26. The standard InChI is InChI=1S/C21H17N5O2/c22-15-6-10-17(11-7-15)27-20-24-19(14-4-2-1-3-5-14)25-21(26-20)28-18-12-8-16(23)9-13-18/h1-13H,22-23H2. The van der Waals surface area contributed by atoms with E-state index in [4.69, 9.17) is 20.9 Å². The molecule has 4 N–H and O–H groups in total. The molecule has 0 radical (unpaired) electrons. The normalized spacial score (nSPS) is 10.4. The fraction of sp³-hybridized carbons (Fsp3) is 0. The highest BCUT2D eigenvalue weighted by molar-refractivity contribution is 5.55. The zero-order chi connectivity index (χ0) is 19.3. The Labute approximate surface area is 161 Å². The van der Waals surface area contributed by atoms with E-state index in [0.29, 0.717) is 28.7 Å². The van der Waals surface area contributed by atoms with E-state index in [-0.39, 0.29) is 12.0 Å². The van der Waals surface area contributed by atoms with E-state index in [2.05, 4.69) is 15.0 Å². The summed E-state index contributed by atoms with van der Waals surface area (Å²) in [5.41, 5.74) is 13.5. The van der Waals surface area contributed by atoms with Crippen molar-refractivity contribution in [3.05, 3.63) is 78.9 Å². The average Bonchev–Trinajstić information content (AvgIpc) is 2.72. The summed E-state index contributed by atoms with van der Waals surface area (Å²) in [5.74, 6) is 1.54. The van der Waals surface area contributed by atoms with E-state index >= 15 is 0 Å². The van der Waals surface area contributed by atoms with Gasteiger partial charge in [-0.3, -0.25) is 0 Å². The number of hydrogen-bond donors (Lipinski definition) is 2. The Kier molecular flexibility index (Phi) is 4.71. The summed E-state index contributed by atoms with van der Waals surface area (Å²) in [6.07, 6.45) is 0. The predicted molar refractivity (Wildman–Crippen MR) is 107 cm³/mol. The molecule has 28 heavy (non-hydrogen) atoms. The van der Waals surface area contributed by atoms with Gasteiger partial charge in [-0.25, -0.2) is 0 Å². The molecule has 138 valence electrons. The average molecular weight is 371 g/mol. The van der Waals surface area contributed by atoms with Crippen molar-refractivity contribution < 1.29 is 9.47 Å². The van der Waals surface area contributed by atoms with E-state index in [0.717, 1.165) is 5.56 Å². The first-order valence-corrected chi connectivity index (χ1v) is 8.54. The molecule has 0 amide bonds. The molecule has 0 atom stereocenters. The summed E-state index contributed by atoms with van der Waals surface area (Å²) in [6.45, 7) is 0. The van der Waals surface area contributed by atoms with Gasteiger partial charge in [0, 0.05) is 16.9 Å². The number of rotatable bonds is 5. The second-order valence-corrected chi connectivity index (χ2v) is 5.93. The summed E-state index contributed by atoms with van der Waals surface area (Å²) >= 11 is 0. The van der Waals surface area contributed by atoms with Crippen molar-refractivity contribution in [2.75, 3.05) is 11.5 Å². The van der Waals surface area contributed by atoms with E-state index in [1.165, 1.54) is 0 Å². The van der Waals surface area contributed by atoms with Crippen LogP contribution in [-0.2, 0) is 0 Å². The van der Waals surface area contributed by atoms with Crippen molar-refractivity contribution >= 4 is 11.4 Å². The van der Waals surface area contributed by atoms with Gasteiger partial charge in [-0.15, -0.1) is 4.98 Å². The van der Waals surface area contributed by atoms with E-state index in [1.54, 1.807) is 48.5 Å². The fourth-order valence-corrected chi connectivity index (χ4v) is 2.43. The molecule has 1 aromatic heterocycles. The van der Waals surface area contributed by atoms with Crippen LogP contribution in [0.15, 0.2) is 78.9 Å². The van der Waals surface area contributed by atoms with Crippen LogP contribution in [-0.4, -0.2) is 15.0 Å². The molecule has 4 aromatic rings. The van der Waals surface area contributed by atoms with Crippen molar-refractivity contribution in [2.24, 2.45) is 0 Å². The second-order valence-electron chi connectivity index (χ2n) is 5.93. The molecule has 0 aliphatic heterocycles. The molecule has 7 heteroatoms. The summed E-state index contributed by atoms with van der Waals surface area (Å²) < 4.78 is 11.6. The lowest BCUT2D eigenvalue weighted by Gasteiger charge is -2.09. The quantitative estimate of drug-likeness (QED) is 0.504. The minimum absolute atomic E-state index is 0.115. The molecule has 0 aliphatic carbocycles. The predicted octanol–water partition coefficient (Wildman–Crippen LogP) is 4.29. The molecule has 0 fully saturated rings. The first kappa shape index (κ1) is 17.3. The molecule has 3 aromatic carbocycles. The maximum absolute atomic E-state index is 5.78. The van der Waals surface area contributed by atoms with Gasteiger partial charge in [-0.1, -0.05) is 30.3 Å². The molecule has 4 rings (SSSR count).